The van der Waals surface area contributed by atoms with Gasteiger partial charge in [-0.05, 0) is 42.5 Å². The number of nitrogens with one attached hydrogen (secondary N) is 1. The topological polar surface area (TPSA) is 66.5 Å². The van der Waals surface area contributed by atoms with Crippen LogP contribution in [0.25, 0.3) is 0 Å². The lowest BCUT2D eigenvalue weighted by atomic mass is 10.3. The molecule has 2 aromatic carbocycles. The molecular weight excluding hydrogens is 407 g/mol. The van der Waals surface area contributed by atoms with Gasteiger partial charge in [-0.25, -0.2) is 8.42 Å². The molecule has 0 aromatic heterocycles. The van der Waals surface area contributed by atoms with Crippen molar-refractivity contribution in [2.45, 2.75) is 11.8 Å². The largest absolute Gasteiger partial charge is 0.325 e. The van der Waals surface area contributed by atoms with Crippen LogP contribution < -0.4 is 5.32 Å². The van der Waals surface area contributed by atoms with Gasteiger partial charge in [0.2, 0.25) is 15.9 Å². The summed E-state index contributed by atoms with van der Waals surface area (Å²) in [5, 5.41) is 3.68. The predicted molar refractivity (Wildman–Crippen MR) is 101 cm³/mol. The van der Waals surface area contributed by atoms with Crippen LogP contribution in [0, 0.1) is 0 Å². The lowest BCUT2D eigenvalue weighted by Gasteiger charge is -2.20. The molecule has 0 fully saturated rings. The van der Waals surface area contributed by atoms with Crippen molar-refractivity contribution in [3.8, 4) is 0 Å². The highest BCUT2D eigenvalue weighted by Gasteiger charge is 2.25. The van der Waals surface area contributed by atoms with Crippen molar-refractivity contribution in [2.75, 3.05) is 18.4 Å². The number of benzene rings is 2. The van der Waals surface area contributed by atoms with E-state index in [0.717, 1.165) is 4.31 Å². The molecule has 25 heavy (non-hydrogen) atoms. The van der Waals surface area contributed by atoms with Gasteiger partial charge in [0, 0.05) is 17.3 Å². The molecule has 0 aliphatic carbocycles. The molecule has 1 amide bonds. The van der Waals surface area contributed by atoms with E-state index in [-0.39, 0.29) is 18.0 Å². The number of nitrogens with zero attached hydrogens (tertiary/aromatic N) is 1. The van der Waals surface area contributed by atoms with Gasteiger partial charge in [0.05, 0.1) is 21.5 Å². The molecule has 0 saturated carbocycles. The summed E-state index contributed by atoms with van der Waals surface area (Å²) >= 11 is 17.5. The zero-order valence-corrected chi connectivity index (χ0v) is 16.3. The maximum atomic E-state index is 12.6. The summed E-state index contributed by atoms with van der Waals surface area (Å²) in [5.41, 5.74) is 0.430. The summed E-state index contributed by atoms with van der Waals surface area (Å²) in [5.74, 6) is -0.488. The molecule has 0 atom stereocenters. The molecule has 0 heterocycles. The van der Waals surface area contributed by atoms with Gasteiger partial charge < -0.3 is 5.32 Å². The van der Waals surface area contributed by atoms with Crippen LogP contribution in [0.15, 0.2) is 47.4 Å². The summed E-state index contributed by atoms with van der Waals surface area (Å²) in [4.78, 5) is 12.3. The Labute approximate surface area is 161 Å². The Morgan fingerprint density at radius 1 is 1.04 bits per heavy atom. The first-order valence-electron chi connectivity index (χ1n) is 7.24. The summed E-state index contributed by atoms with van der Waals surface area (Å²) < 4.78 is 26.3. The molecule has 2 aromatic rings. The van der Waals surface area contributed by atoms with Crippen molar-refractivity contribution >= 4 is 56.4 Å². The maximum absolute atomic E-state index is 12.6. The van der Waals surface area contributed by atoms with Crippen LogP contribution in [0.3, 0.4) is 0 Å². The fraction of sp³-hybridized carbons (Fsp3) is 0.188. The van der Waals surface area contributed by atoms with E-state index in [1.807, 2.05) is 0 Å². The lowest BCUT2D eigenvalue weighted by Crippen LogP contribution is -2.37. The Balaban J connectivity index is 2.13. The molecule has 0 spiro atoms. The summed E-state index contributed by atoms with van der Waals surface area (Å²) in [7, 11) is -3.80. The van der Waals surface area contributed by atoms with Crippen LogP contribution in [-0.2, 0) is 14.8 Å². The maximum Gasteiger partial charge on any atom is 0.243 e. The summed E-state index contributed by atoms with van der Waals surface area (Å²) in [6.45, 7) is 1.46. The monoisotopic (exact) mass is 420 g/mol. The van der Waals surface area contributed by atoms with E-state index in [1.165, 1.54) is 30.3 Å². The highest BCUT2D eigenvalue weighted by atomic mass is 35.5. The number of anilines is 1. The number of halogens is 3. The van der Waals surface area contributed by atoms with E-state index >= 15 is 0 Å². The van der Waals surface area contributed by atoms with Crippen molar-refractivity contribution in [3.63, 3.8) is 0 Å². The number of carbonyl (C=O) groups is 1. The van der Waals surface area contributed by atoms with Crippen molar-refractivity contribution in [1.29, 1.82) is 0 Å². The second kappa shape index (κ2) is 8.38. The first kappa shape index (κ1) is 20.0. The van der Waals surface area contributed by atoms with Crippen molar-refractivity contribution in [3.05, 3.63) is 57.5 Å². The molecule has 9 heteroatoms. The molecule has 0 aliphatic heterocycles. The number of rotatable bonds is 6. The van der Waals surface area contributed by atoms with Crippen molar-refractivity contribution < 1.29 is 13.2 Å². The quantitative estimate of drug-likeness (QED) is 0.756. The van der Waals surface area contributed by atoms with Gasteiger partial charge in [0.25, 0.3) is 0 Å². The number of amides is 1. The van der Waals surface area contributed by atoms with Gasteiger partial charge in [-0.3, -0.25) is 4.79 Å². The van der Waals surface area contributed by atoms with E-state index in [0.29, 0.717) is 20.8 Å². The summed E-state index contributed by atoms with van der Waals surface area (Å²) in [6, 6.07) is 10.4. The van der Waals surface area contributed by atoms with Crippen molar-refractivity contribution in [2.24, 2.45) is 0 Å². The number of sulfonamides is 1. The third-order valence-electron chi connectivity index (χ3n) is 3.33. The Morgan fingerprint density at radius 3 is 2.24 bits per heavy atom. The molecule has 2 rings (SSSR count). The zero-order chi connectivity index (χ0) is 18.6. The fourth-order valence-electron chi connectivity index (χ4n) is 2.06. The molecule has 5 nitrogen and oxygen atoms in total. The number of hydrogen-bond acceptors (Lipinski definition) is 3. The predicted octanol–water partition coefficient (Wildman–Crippen LogP) is 4.30. The van der Waals surface area contributed by atoms with E-state index in [9.17, 15) is 13.2 Å². The molecule has 0 saturated heterocycles. The van der Waals surface area contributed by atoms with Gasteiger partial charge in [0.15, 0.2) is 0 Å². The van der Waals surface area contributed by atoms with Gasteiger partial charge >= 0.3 is 0 Å². The second-order valence-electron chi connectivity index (χ2n) is 5.06. The molecule has 0 bridgehead atoms. The lowest BCUT2D eigenvalue weighted by molar-refractivity contribution is -0.116. The Hall–Kier alpha value is -1.31. The third kappa shape index (κ3) is 5.09. The van der Waals surface area contributed by atoms with Crippen LogP contribution in [0.2, 0.25) is 15.1 Å². The van der Waals surface area contributed by atoms with Crippen LogP contribution in [0.1, 0.15) is 6.92 Å². The van der Waals surface area contributed by atoms with Crippen LogP contribution in [-0.4, -0.2) is 31.7 Å². The molecule has 134 valence electrons. The Kier molecular flexibility index (Phi) is 6.71. The van der Waals surface area contributed by atoms with Crippen molar-refractivity contribution in [1.82, 2.24) is 4.31 Å². The minimum absolute atomic E-state index is 0.0705. The normalized spacial score (nSPS) is 11.6. The molecule has 0 unspecified atom stereocenters. The highest BCUT2D eigenvalue weighted by Crippen LogP contribution is 2.25. The Morgan fingerprint density at radius 2 is 1.68 bits per heavy atom. The second-order valence-corrected chi connectivity index (χ2v) is 8.25. The average molecular weight is 422 g/mol. The summed E-state index contributed by atoms with van der Waals surface area (Å²) in [6.07, 6.45) is 0. The first-order chi connectivity index (χ1) is 11.7. The fourth-order valence-corrected chi connectivity index (χ4v) is 3.89. The van der Waals surface area contributed by atoms with Crippen LogP contribution in [0.5, 0.6) is 0 Å². The molecule has 1 N–H and O–H groups in total. The van der Waals surface area contributed by atoms with Crippen LogP contribution in [0.4, 0.5) is 5.69 Å². The number of carbonyl (C=O) groups excluding carboxylic acids is 1. The average Bonchev–Trinajstić information content (AvgIpc) is 2.56. The van der Waals surface area contributed by atoms with E-state index in [1.54, 1.807) is 19.1 Å². The molecular formula is C16H15Cl3N2O3S. The van der Waals surface area contributed by atoms with Gasteiger partial charge in [0.1, 0.15) is 0 Å². The minimum Gasteiger partial charge on any atom is -0.325 e. The van der Waals surface area contributed by atoms with E-state index in [2.05, 4.69) is 5.32 Å². The van der Waals surface area contributed by atoms with Gasteiger partial charge in [-0.2, -0.15) is 4.31 Å². The van der Waals surface area contributed by atoms with Crippen LogP contribution >= 0.6 is 34.8 Å². The smallest absolute Gasteiger partial charge is 0.243 e. The van der Waals surface area contributed by atoms with Gasteiger partial charge in [-0.1, -0.05) is 41.7 Å². The number of hydrogen-bond donors (Lipinski definition) is 1. The third-order valence-corrected chi connectivity index (χ3v) is 6.25. The molecule has 0 aliphatic rings. The minimum atomic E-state index is -3.80. The van der Waals surface area contributed by atoms with E-state index < -0.39 is 15.9 Å². The Bertz CT molecular complexity index is 871. The first-order valence-corrected chi connectivity index (χ1v) is 9.82. The van der Waals surface area contributed by atoms with E-state index in [4.69, 9.17) is 34.8 Å². The highest BCUT2D eigenvalue weighted by molar-refractivity contribution is 7.89. The standard InChI is InChI=1S/C16H15Cl3N2O3S/c1-2-21(25(23,24)13-6-3-11(17)4-7-13)10-16(22)20-12-5-8-14(18)15(19)9-12/h3-9H,2,10H2,1H3,(H,20,22). The van der Waals surface area contributed by atoms with Gasteiger partial charge in [-0.15, -0.1) is 0 Å². The molecule has 0 radical (unpaired) electrons. The SMILES string of the molecule is CCN(CC(=O)Nc1ccc(Cl)c(Cl)c1)S(=O)(=O)c1ccc(Cl)cc1. The number of likely N-dealkylation sites (N-methyl/N-ethyl adjacent to an activating group) is 1. The zero-order valence-electron chi connectivity index (χ0n) is 13.2.